The van der Waals surface area contributed by atoms with Gasteiger partial charge in [0.1, 0.15) is 0 Å². The van der Waals surface area contributed by atoms with Gasteiger partial charge in [-0.1, -0.05) is 36.4 Å². The van der Waals surface area contributed by atoms with Gasteiger partial charge < -0.3 is 4.90 Å². The maximum absolute atomic E-state index is 3.53. The zero-order valence-electron chi connectivity index (χ0n) is 11.3. The molecule has 0 aliphatic heterocycles. The van der Waals surface area contributed by atoms with Gasteiger partial charge in [0.05, 0.1) is 6.54 Å². The summed E-state index contributed by atoms with van der Waals surface area (Å²) >= 11 is 5.34. The maximum Gasteiger partial charge on any atom is 0.0523 e. The molecule has 0 spiro atoms. The SMILES string of the molecule is CCN(Cc1cc(Br)cs1)c1cccc2ccccc12. The first-order chi connectivity index (χ1) is 9.78. The van der Waals surface area contributed by atoms with Gasteiger partial charge in [-0.3, -0.25) is 0 Å². The Balaban J connectivity index is 1.98. The van der Waals surface area contributed by atoms with Gasteiger partial charge in [0.25, 0.3) is 0 Å². The lowest BCUT2D eigenvalue weighted by molar-refractivity contribution is 0.846. The summed E-state index contributed by atoms with van der Waals surface area (Å²) in [5, 5.41) is 4.77. The molecule has 0 N–H and O–H groups in total. The molecule has 1 heterocycles. The molecular formula is C17H16BrNS. The predicted molar refractivity (Wildman–Crippen MR) is 92.7 cm³/mol. The van der Waals surface area contributed by atoms with Gasteiger partial charge in [0.2, 0.25) is 0 Å². The van der Waals surface area contributed by atoms with Gasteiger partial charge in [0.15, 0.2) is 0 Å². The van der Waals surface area contributed by atoms with Crippen LogP contribution in [0.25, 0.3) is 10.8 Å². The average Bonchev–Trinajstić information content (AvgIpc) is 2.89. The van der Waals surface area contributed by atoms with Crippen LogP contribution < -0.4 is 4.90 Å². The molecule has 102 valence electrons. The highest BCUT2D eigenvalue weighted by Crippen LogP contribution is 2.29. The van der Waals surface area contributed by atoms with Crippen LogP contribution in [0.4, 0.5) is 5.69 Å². The van der Waals surface area contributed by atoms with Gasteiger partial charge in [-0.15, -0.1) is 11.3 Å². The molecule has 0 atom stereocenters. The highest BCUT2D eigenvalue weighted by molar-refractivity contribution is 9.10. The van der Waals surface area contributed by atoms with Crippen LogP contribution >= 0.6 is 27.3 Å². The van der Waals surface area contributed by atoms with Crippen molar-refractivity contribution in [3.63, 3.8) is 0 Å². The van der Waals surface area contributed by atoms with Crippen LogP contribution in [0.5, 0.6) is 0 Å². The second-order valence-electron chi connectivity index (χ2n) is 4.74. The summed E-state index contributed by atoms with van der Waals surface area (Å²) in [4.78, 5) is 3.81. The van der Waals surface area contributed by atoms with Crippen molar-refractivity contribution in [2.75, 3.05) is 11.4 Å². The molecular weight excluding hydrogens is 330 g/mol. The number of nitrogens with zero attached hydrogens (tertiary/aromatic N) is 1. The summed E-state index contributed by atoms with van der Waals surface area (Å²) in [7, 11) is 0. The van der Waals surface area contributed by atoms with E-state index in [4.69, 9.17) is 0 Å². The van der Waals surface area contributed by atoms with Crippen molar-refractivity contribution in [3.8, 4) is 0 Å². The fourth-order valence-corrected chi connectivity index (χ4v) is 3.94. The molecule has 20 heavy (non-hydrogen) atoms. The van der Waals surface area contributed by atoms with Gasteiger partial charge in [-0.2, -0.15) is 0 Å². The van der Waals surface area contributed by atoms with E-state index in [-0.39, 0.29) is 0 Å². The van der Waals surface area contributed by atoms with E-state index < -0.39 is 0 Å². The van der Waals surface area contributed by atoms with Crippen LogP contribution in [-0.2, 0) is 6.54 Å². The van der Waals surface area contributed by atoms with E-state index >= 15 is 0 Å². The molecule has 0 saturated heterocycles. The smallest absolute Gasteiger partial charge is 0.0523 e. The van der Waals surface area contributed by atoms with Crippen LogP contribution in [0.3, 0.4) is 0 Å². The van der Waals surface area contributed by atoms with E-state index in [0.717, 1.165) is 13.1 Å². The van der Waals surface area contributed by atoms with E-state index in [2.05, 4.69) is 81.7 Å². The Bertz CT molecular complexity index is 714. The van der Waals surface area contributed by atoms with Gasteiger partial charge in [-0.05, 0) is 40.4 Å². The Hall–Kier alpha value is -1.32. The highest BCUT2D eigenvalue weighted by atomic mass is 79.9. The largest absolute Gasteiger partial charge is 0.366 e. The Labute approximate surface area is 132 Å². The lowest BCUT2D eigenvalue weighted by Crippen LogP contribution is -2.21. The van der Waals surface area contributed by atoms with Crippen molar-refractivity contribution in [1.29, 1.82) is 0 Å². The molecule has 0 radical (unpaired) electrons. The normalized spacial score (nSPS) is 10.9. The standard InChI is InChI=1S/C17H16BrNS/c1-2-19(11-15-10-14(18)12-20-15)17-9-5-7-13-6-3-4-8-16(13)17/h3-10,12H,2,11H2,1H3. The third kappa shape index (κ3) is 2.74. The minimum Gasteiger partial charge on any atom is -0.366 e. The lowest BCUT2D eigenvalue weighted by atomic mass is 10.1. The van der Waals surface area contributed by atoms with Crippen molar-refractivity contribution in [1.82, 2.24) is 0 Å². The Morgan fingerprint density at radius 2 is 1.90 bits per heavy atom. The van der Waals surface area contributed by atoms with Crippen LogP contribution in [-0.4, -0.2) is 6.54 Å². The molecule has 2 aromatic carbocycles. The summed E-state index contributed by atoms with van der Waals surface area (Å²) in [6, 6.07) is 17.3. The quantitative estimate of drug-likeness (QED) is 0.587. The summed E-state index contributed by atoms with van der Waals surface area (Å²) in [5.74, 6) is 0. The molecule has 0 aliphatic rings. The number of benzene rings is 2. The Morgan fingerprint density at radius 1 is 1.10 bits per heavy atom. The highest BCUT2D eigenvalue weighted by Gasteiger charge is 2.10. The first kappa shape index (κ1) is 13.7. The second-order valence-corrected chi connectivity index (χ2v) is 6.66. The summed E-state index contributed by atoms with van der Waals surface area (Å²) in [5.41, 5.74) is 1.31. The van der Waals surface area contributed by atoms with Gasteiger partial charge in [0, 0.05) is 32.3 Å². The van der Waals surface area contributed by atoms with E-state index in [1.165, 1.54) is 25.8 Å². The predicted octanol–water partition coefficient (Wildman–Crippen LogP) is 5.69. The summed E-state index contributed by atoms with van der Waals surface area (Å²) in [6.07, 6.45) is 0. The number of rotatable bonds is 4. The van der Waals surface area contributed by atoms with Crippen LogP contribution in [0.15, 0.2) is 58.4 Å². The molecule has 0 fully saturated rings. The first-order valence-electron chi connectivity index (χ1n) is 6.73. The van der Waals surface area contributed by atoms with Crippen molar-refractivity contribution in [2.24, 2.45) is 0 Å². The second kappa shape index (κ2) is 5.98. The number of halogens is 1. The molecule has 3 aromatic rings. The van der Waals surface area contributed by atoms with Crippen molar-refractivity contribution < 1.29 is 0 Å². The zero-order chi connectivity index (χ0) is 13.9. The number of fused-ring (bicyclic) bond motifs is 1. The topological polar surface area (TPSA) is 3.24 Å². The number of thiophene rings is 1. The first-order valence-corrected chi connectivity index (χ1v) is 8.41. The monoisotopic (exact) mass is 345 g/mol. The number of anilines is 1. The van der Waals surface area contributed by atoms with Crippen molar-refractivity contribution >= 4 is 43.7 Å². The zero-order valence-corrected chi connectivity index (χ0v) is 13.7. The molecule has 3 rings (SSSR count). The Morgan fingerprint density at radius 3 is 2.65 bits per heavy atom. The van der Waals surface area contributed by atoms with Gasteiger partial charge >= 0.3 is 0 Å². The third-order valence-corrected chi connectivity index (χ3v) is 5.14. The maximum atomic E-state index is 3.53. The molecule has 0 aliphatic carbocycles. The summed E-state index contributed by atoms with van der Waals surface area (Å²) < 4.78 is 1.17. The fraction of sp³-hybridized carbons (Fsp3) is 0.176. The molecule has 0 saturated carbocycles. The molecule has 0 unspecified atom stereocenters. The molecule has 0 bridgehead atoms. The molecule has 1 nitrogen and oxygen atoms in total. The fourth-order valence-electron chi connectivity index (χ4n) is 2.48. The van der Waals surface area contributed by atoms with E-state index in [1.807, 2.05) is 0 Å². The van der Waals surface area contributed by atoms with Crippen LogP contribution in [0, 0.1) is 0 Å². The molecule has 1 aromatic heterocycles. The van der Waals surface area contributed by atoms with Crippen molar-refractivity contribution in [3.05, 3.63) is 63.3 Å². The molecule has 3 heteroatoms. The molecule has 0 amide bonds. The van der Waals surface area contributed by atoms with E-state index in [0.29, 0.717) is 0 Å². The Kier molecular flexibility index (Phi) is 4.08. The minimum absolute atomic E-state index is 0.959. The van der Waals surface area contributed by atoms with E-state index in [9.17, 15) is 0 Å². The van der Waals surface area contributed by atoms with Crippen LogP contribution in [0.2, 0.25) is 0 Å². The van der Waals surface area contributed by atoms with Gasteiger partial charge in [-0.25, -0.2) is 0 Å². The van der Waals surface area contributed by atoms with Crippen LogP contribution in [0.1, 0.15) is 11.8 Å². The summed E-state index contributed by atoms with van der Waals surface area (Å²) in [6.45, 7) is 4.18. The number of hydrogen-bond acceptors (Lipinski definition) is 2. The van der Waals surface area contributed by atoms with Crippen molar-refractivity contribution in [2.45, 2.75) is 13.5 Å². The lowest BCUT2D eigenvalue weighted by Gasteiger charge is -2.24. The minimum atomic E-state index is 0.959. The third-order valence-electron chi connectivity index (χ3n) is 3.46. The average molecular weight is 346 g/mol. The van der Waals surface area contributed by atoms with E-state index in [1.54, 1.807) is 11.3 Å². The number of hydrogen-bond donors (Lipinski definition) is 0.